The van der Waals surface area contributed by atoms with Gasteiger partial charge in [-0.15, -0.1) is 0 Å². The monoisotopic (exact) mass is 387 g/mol. The summed E-state index contributed by atoms with van der Waals surface area (Å²) in [5, 5.41) is 1.25. The van der Waals surface area contributed by atoms with Gasteiger partial charge in [-0.2, -0.15) is 0 Å². The van der Waals surface area contributed by atoms with Gasteiger partial charge in [-0.25, -0.2) is 8.42 Å². The molecule has 2 heterocycles. The number of nitrogens with zero attached hydrogens (tertiary/aromatic N) is 3. The molecule has 24 heavy (non-hydrogen) atoms. The number of benzene rings is 1. The fourth-order valence-corrected chi connectivity index (χ4v) is 5.95. The zero-order valence-corrected chi connectivity index (χ0v) is 15.7. The molecule has 0 aliphatic carbocycles. The smallest absolute Gasteiger partial charge is 0.232 e. The van der Waals surface area contributed by atoms with Crippen molar-refractivity contribution in [1.29, 1.82) is 0 Å². The lowest BCUT2D eigenvalue weighted by atomic mass is 10.1. The summed E-state index contributed by atoms with van der Waals surface area (Å²) in [5.41, 5.74) is 0.802. The topological polar surface area (TPSA) is 70.0 Å². The van der Waals surface area contributed by atoms with Gasteiger partial charge in [0, 0.05) is 24.8 Å². The van der Waals surface area contributed by atoms with Crippen LogP contribution in [0.3, 0.4) is 0 Å². The van der Waals surface area contributed by atoms with Crippen LogP contribution in [-0.4, -0.2) is 67.8 Å². The molecule has 6 nitrogen and oxygen atoms in total. The second kappa shape index (κ2) is 6.57. The van der Waals surface area contributed by atoms with Crippen molar-refractivity contribution in [2.24, 2.45) is 4.99 Å². The minimum Gasteiger partial charge on any atom is -0.348 e. The molecule has 2 atom stereocenters. The number of fused-ring (bicyclic) bond motifs is 1. The predicted octanol–water partition coefficient (Wildman–Crippen LogP) is 1.50. The van der Waals surface area contributed by atoms with Crippen molar-refractivity contribution in [3.63, 3.8) is 0 Å². The van der Waals surface area contributed by atoms with E-state index in [-0.39, 0.29) is 35.2 Å². The zero-order valence-electron chi connectivity index (χ0n) is 13.3. The standard InChI is InChI=1S/C15H18ClN3O3S2/c1-18(2)14(20)7-23-15-17-12-8-24(21,22)9-13(12)19(15)11-5-3-4-10(16)6-11/h3-6,12-13H,7-9H2,1-2H3/t12-,13-/m1/s1. The number of sulfone groups is 1. The SMILES string of the molecule is CN(C)C(=O)CSC1=N[C@@H]2CS(=O)(=O)C[C@H]2N1c1cccc(Cl)c1. The van der Waals surface area contributed by atoms with Crippen molar-refractivity contribution in [2.75, 3.05) is 36.3 Å². The Balaban J connectivity index is 1.89. The van der Waals surface area contributed by atoms with E-state index in [1.54, 1.807) is 26.2 Å². The van der Waals surface area contributed by atoms with Gasteiger partial charge in [0.2, 0.25) is 5.91 Å². The van der Waals surface area contributed by atoms with Crippen molar-refractivity contribution in [3.05, 3.63) is 29.3 Å². The van der Waals surface area contributed by atoms with Gasteiger partial charge < -0.3 is 9.80 Å². The van der Waals surface area contributed by atoms with Crippen molar-refractivity contribution < 1.29 is 13.2 Å². The molecule has 1 aromatic rings. The van der Waals surface area contributed by atoms with E-state index in [0.29, 0.717) is 10.2 Å². The first-order valence-electron chi connectivity index (χ1n) is 7.43. The van der Waals surface area contributed by atoms with Crippen LogP contribution < -0.4 is 4.90 Å². The van der Waals surface area contributed by atoms with Gasteiger partial charge in [0.15, 0.2) is 15.0 Å². The Morgan fingerprint density at radius 2 is 2.17 bits per heavy atom. The number of carbonyl (C=O) groups excluding carboxylic acids is 1. The number of aliphatic imine (C=N–C) groups is 1. The van der Waals surface area contributed by atoms with E-state index in [0.717, 1.165) is 5.69 Å². The predicted molar refractivity (Wildman–Crippen MR) is 98.7 cm³/mol. The Morgan fingerprint density at radius 3 is 2.83 bits per heavy atom. The summed E-state index contributed by atoms with van der Waals surface area (Å²) in [6.45, 7) is 0. The highest BCUT2D eigenvalue weighted by Crippen LogP contribution is 2.35. The molecule has 0 N–H and O–H groups in total. The summed E-state index contributed by atoms with van der Waals surface area (Å²) < 4.78 is 23.9. The van der Waals surface area contributed by atoms with Crippen LogP contribution in [0.1, 0.15) is 0 Å². The summed E-state index contributed by atoms with van der Waals surface area (Å²) in [7, 11) is 0.317. The van der Waals surface area contributed by atoms with Crippen LogP contribution in [0.15, 0.2) is 29.3 Å². The highest BCUT2D eigenvalue weighted by Gasteiger charge is 2.47. The highest BCUT2D eigenvalue weighted by atomic mass is 35.5. The Hall–Kier alpha value is -1.25. The molecule has 0 unspecified atom stereocenters. The fourth-order valence-electron chi connectivity index (χ4n) is 2.82. The molecule has 1 aromatic carbocycles. The lowest BCUT2D eigenvalue weighted by molar-refractivity contribution is -0.125. The van der Waals surface area contributed by atoms with Gasteiger partial charge in [-0.05, 0) is 18.2 Å². The number of halogens is 1. The molecule has 0 saturated carbocycles. The van der Waals surface area contributed by atoms with Crippen molar-refractivity contribution in [1.82, 2.24) is 4.90 Å². The number of rotatable bonds is 3. The van der Waals surface area contributed by atoms with Gasteiger partial charge in [0.25, 0.3) is 0 Å². The molecular weight excluding hydrogens is 370 g/mol. The van der Waals surface area contributed by atoms with E-state index in [4.69, 9.17) is 11.6 Å². The minimum absolute atomic E-state index is 0.0153. The number of amides is 1. The molecule has 130 valence electrons. The summed E-state index contributed by atoms with van der Waals surface area (Å²) in [5.74, 6) is 0.368. The molecule has 1 amide bonds. The largest absolute Gasteiger partial charge is 0.348 e. The lowest BCUT2D eigenvalue weighted by Gasteiger charge is -2.26. The maximum atomic E-state index is 12.0. The van der Waals surface area contributed by atoms with Crippen LogP contribution in [0.4, 0.5) is 5.69 Å². The maximum Gasteiger partial charge on any atom is 0.232 e. The average Bonchev–Trinajstić information content (AvgIpc) is 2.95. The molecule has 0 bridgehead atoms. The molecule has 1 saturated heterocycles. The highest BCUT2D eigenvalue weighted by molar-refractivity contribution is 8.14. The van der Waals surface area contributed by atoms with Crippen LogP contribution in [-0.2, 0) is 14.6 Å². The first-order valence-corrected chi connectivity index (χ1v) is 10.6. The first-order chi connectivity index (χ1) is 11.3. The van der Waals surface area contributed by atoms with Gasteiger partial charge in [-0.1, -0.05) is 29.4 Å². The molecule has 2 aliphatic rings. The third kappa shape index (κ3) is 3.55. The van der Waals surface area contributed by atoms with E-state index in [9.17, 15) is 13.2 Å². The zero-order chi connectivity index (χ0) is 17.5. The number of hydrogen-bond acceptors (Lipinski definition) is 6. The number of anilines is 1. The quantitative estimate of drug-likeness (QED) is 0.786. The summed E-state index contributed by atoms with van der Waals surface area (Å²) >= 11 is 7.42. The number of hydrogen-bond donors (Lipinski definition) is 0. The van der Waals surface area contributed by atoms with E-state index >= 15 is 0 Å². The molecule has 3 rings (SSSR count). The molecule has 0 spiro atoms. The second-order valence-electron chi connectivity index (χ2n) is 6.05. The number of thioether (sulfide) groups is 1. The van der Waals surface area contributed by atoms with Crippen molar-refractivity contribution >= 4 is 50.0 Å². The first kappa shape index (κ1) is 17.6. The average molecular weight is 388 g/mol. The Morgan fingerprint density at radius 1 is 1.42 bits per heavy atom. The van der Waals surface area contributed by atoms with Crippen LogP contribution in [0, 0.1) is 0 Å². The van der Waals surface area contributed by atoms with Crippen LogP contribution in [0.25, 0.3) is 0 Å². The third-order valence-corrected chi connectivity index (χ3v) is 6.90. The third-order valence-electron chi connectivity index (χ3n) is 4.02. The molecule has 2 aliphatic heterocycles. The van der Waals surface area contributed by atoms with Crippen LogP contribution >= 0.6 is 23.4 Å². The molecular formula is C15H18ClN3O3S2. The summed E-state index contributed by atoms with van der Waals surface area (Å²) in [6.07, 6.45) is 0. The van der Waals surface area contributed by atoms with Gasteiger partial charge in [0.1, 0.15) is 0 Å². The molecule has 1 fully saturated rings. The second-order valence-corrected chi connectivity index (χ2v) is 9.58. The summed E-state index contributed by atoms with van der Waals surface area (Å²) in [4.78, 5) is 19.9. The number of amidine groups is 1. The fraction of sp³-hybridized carbons (Fsp3) is 0.467. The van der Waals surface area contributed by atoms with Crippen molar-refractivity contribution in [3.8, 4) is 0 Å². The molecule has 0 radical (unpaired) electrons. The maximum absolute atomic E-state index is 12.0. The van der Waals surface area contributed by atoms with Gasteiger partial charge in [-0.3, -0.25) is 9.79 Å². The van der Waals surface area contributed by atoms with E-state index in [1.165, 1.54) is 16.7 Å². The molecule has 0 aromatic heterocycles. The lowest BCUT2D eigenvalue weighted by Crippen LogP contribution is -2.39. The Bertz CT molecular complexity index is 795. The van der Waals surface area contributed by atoms with Crippen LogP contribution in [0.5, 0.6) is 0 Å². The van der Waals surface area contributed by atoms with E-state index < -0.39 is 9.84 Å². The molecule has 9 heteroatoms. The van der Waals surface area contributed by atoms with Crippen LogP contribution in [0.2, 0.25) is 5.02 Å². The Labute approximate surface area is 150 Å². The summed E-state index contributed by atoms with van der Waals surface area (Å²) in [6, 6.07) is 6.74. The number of carbonyl (C=O) groups is 1. The van der Waals surface area contributed by atoms with Gasteiger partial charge >= 0.3 is 0 Å². The van der Waals surface area contributed by atoms with E-state index in [2.05, 4.69) is 4.99 Å². The van der Waals surface area contributed by atoms with Gasteiger partial charge in [0.05, 0.1) is 29.3 Å². The normalized spacial score (nSPS) is 24.6. The Kier molecular flexibility index (Phi) is 4.81. The van der Waals surface area contributed by atoms with E-state index in [1.807, 2.05) is 17.0 Å². The minimum atomic E-state index is -3.09. The van der Waals surface area contributed by atoms with Crippen molar-refractivity contribution in [2.45, 2.75) is 12.1 Å².